The lowest BCUT2D eigenvalue weighted by Crippen LogP contribution is -2.28. The second-order valence-corrected chi connectivity index (χ2v) is 4.25. The van der Waals surface area contributed by atoms with Crippen LogP contribution in [0.5, 0.6) is 0 Å². The zero-order valence-electron chi connectivity index (χ0n) is 10.4. The summed E-state index contributed by atoms with van der Waals surface area (Å²) in [5.74, 6) is 0.137. The van der Waals surface area contributed by atoms with Gasteiger partial charge in [0.2, 0.25) is 5.95 Å². The molecule has 0 fully saturated rings. The minimum absolute atomic E-state index is 0.254. The second-order valence-electron chi connectivity index (χ2n) is 3.84. The highest BCUT2D eigenvalue weighted by atomic mass is 32.1. The Kier molecular flexibility index (Phi) is 4.40. The smallest absolute Gasteiger partial charge is 0.248 e. The molecule has 0 saturated carbocycles. The summed E-state index contributed by atoms with van der Waals surface area (Å²) in [7, 11) is 0. The van der Waals surface area contributed by atoms with E-state index in [1.165, 1.54) is 12.4 Å². The number of rotatable bonds is 4. The van der Waals surface area contributed by atoms with Crippen molar-refractivity contribution in [2.75, 3.05) is 11.9 Å². The molecule has 100 valence electrons. The monoisotopic (exact) mass is 279 g/mol. The molecule has 0 amide bonds. The van der Waals surface area contributed by atoms with Gasteiger partial charge >= 0.3 is 0 Å². The SMILES string of the molecule is CCNC(=S)Nc1ncn(Cc2ccccc2F)n1. The molecule has 5 nitrogen and oxygen atoms in total. The van der Waals surface area contributed by atoms with Crippen LogP contribution in [-0.2, 0) is 6.54 Å². The second kappa shape index (κ2) is 6.24. The summed E-state index contributed by atoms with van der Waals surface area (Å²) >= 11 is 5.02. The fourth-order valence-corrected chi connectivity index (χ4v) is 1.77. The summed E-state index contributed by atoms with van der Waals surface area (Å²) < 4.78 is 15.0. The number of thiocarbonyl (C=S) groups is 1. The molecule has 2 rings (SSSR count). The van der Waals surface area contributed by atoms with Crippen LogP contribution in [-0.4, -0.2) is 26.4 Å². The lowest BCUT2D eigenvalue weighted by molar-refractivity contribution is 0.585. The molecule has 2 N–H and O–H groups in total. The molecule has 7 heteroatoms. The van der Waals surface area contributed by atoms with Gasteiger partial charge in [0.25, 0.3) is 0 Å². The van der Waals surface area contributed by atoms with E-state index in [2.05, 4.69) is 20.7 Å². The van der Waals surface area contributed by atoms with Gasteiger partial charge in [-0.2, -0.15) is 0 Å². The summed E-state index contributed by atoms with van der Waals surface area (Å²) in [4.78, 5) is 4.06. The van der Waals surface area contributed by atoms with Crippen molar-refractivity contribution in [1.29, 1.82) is 0 Å². The molecule has 1 aromatic carbocycles. The summed E-state index contributed by atoms with van der Waals surface area (Å²) in [6.07, 6.45) is 1.53. The zero-order valence-corrected chi connectivity index (χ0v) is 11.2. The van der Waals surface area contributed by atoms with Gasteiger partial charge in [-0.05, 0) is 25.2 Å². The lowest BCUT2D eigenvalue weighted by Gasteiger charge is -2.04. The van der Waals surface area contributed by atoms with Crippen molar-refractivity contribution in [3.8, 4) is 0 Å². The first-order valence-corrected chi connectivity index (χ1v) is 6.27. The highest BCUT2D eigenvalue weighted by Gasteiger charge is 2.05. The maximum absolute atomic E-state index is 13.5. The van der Waals surface area contributed by atoms with Crippen LogP contribution in [0.15, 0.2) is 30.6 Å². The molecule has 0 spiro atoms. The summed E-state index contributed by atoms with van der Waals surface area (Å²) in [6, 6.07) is 6.58. The molecule has 0 unspecified atom stereocenters. The highest BCUT2D eigenvalue weighted by Crippen LogP contribution is 2.08. The van der Waals surface area contributed by atoms with Gasteiger partial charge < -0.3 is 5.32 Å². The average Bonchev–Trinajstić information content (AvgIpc) is 2.80. The maximum Gasteiger partial charge on any atom is 0.248 e. The van der Waals surface area contributed by atoms with E-state index in [9.17, 15) is 4.39 Å². The number of halogens is 1. The largest absolute Gasteiger partial charge is 0.363 e. The Morgan fingerprint density at radius 1 is 1.42 bits per heavy atom. The van der Waals surface area contributed by atoms with Crippen molar-refractivity contribution in [3.63, 3.8) is 0 Å². The molecule has 0 radical (unpaired) electrons. The van der Waals surface area contributed by atoms with Crippen LogP contribution >= 0.6 is 12.2 Å². The van der Waals surface area contributed by atoms with Gasteiger partial charge in [0.05, 0.1) is 6.54 Å². The van der Waals surface area contributed by atoms with Crippen LogP contribution in [0.3, 0.4) is 0 Å². The van der Waals surface area contributed by atoms with Gasteiger partial charge in [-0.25, -0.2) is 14.1 Å². The van der Waals surface area contributed by atoms with Crippen molar-refractivity contribution in [3.05, 3.63) is 42.0 Å². The Morgan fingerprint density at radius 3 is 2.95 bits per heavy atom. The molecular formula is C12H14FN5S. The predicted octanol–water partition coefficient (Wildman–Crippen LogP) is 1.77. The number of nitrogens with one attached hydrogen (secondary N) is 2. The normalized spacial score (nSPS) is 10.2. The third-order valence-corrected chi connectivity index (χ3v) is 2.64. The molecule has 0 atom stereocenters. The molecule has 0 bridgehead atoms. The fourth-order valence-electron chi connectivity index (χ4n) is 1.54. The van der Waals surface area contributed by atoms with Crippen molar-refractivity contribution in [2.45, 2.75) is 13.5 Å². The van der Waals surface area contributed by atoms with Crippen LogP contribution in [0.25, 0.3) is 0 Å². The Hall–Kier alpha value is -2.02. The first kappa shape index (κ1) is 13.4. The van der Waals surface area contributed by atoms with E-state index in [0.29, 0.717) is 23.2 Å². The van der Waals surface area contributed by atoms with Crippen LogP contribution in [0.2, 0.25) is 0 Å². The quantitative estimate of drug-likeness (QED) is 0.835. The van der Waals surface area contributed by atoms with E-state index in [0.717, 1.165) is 6.54 Å². The van der Waals surface area contributed by atoms with Crippen molar-refractivity contribution in [1.82, 2.24) is 20.1 Å². The molecule has 0 aliphatic rings. The molecule has 2 aromatic rings. The summed E-state index contributed by atoms with van der Waals surface area (Å²) in [6.45, 7) is 3.00. The van der Waals surface area contributed by atoms with E-state index in [1.54, 1.807) is 22.9 Å². The topological polar surface area (TPSA) is 54.8 Å². The van der Waals surface area contributed by atoms with Crippen LogP contribution < -0.4 is 10.6 Å². The number of anilines is 1. The Bertz CT molecular complexity index is 569. The van der Waals surface area contributed by atoms with E-state index < -0.39 is 0 Å². The minimum atomic E-state index is -0.254. The lowest BCUT2D eigenvalue weighted by atomic mass is 10.2. The van der Waals surface area contributed by atoms with E-state index >= 15 is 0 Å². The Morgan fingerprint density at radius 2 is 2.21 bits per heavy atom. The van der Waals surface area contributed by atoms with Gasteiger partial charge in [-0.1, -0.05) is 18.2 Å². The molecule has 19 heavy (non-hydrogen) atoms. The maximum atomic E-state index is 13.5. The number of hydrogen-bond acceptors (Lipinski definition) is 3. The molecule has 0 aliphatic carbocycles. The van der Waals surface area contributed by atoms with Crippen LogP contribution in [0, 0.1) is 5.82 Å². The highest BCUT2D eigenvalue weighted by molar-refractivity contribution is 7.80. The number of hydrogen-bond donors (Lipinski definition) is 2. The van der Waals surface area contributed by atoms with Crippen LogP contribution in [0.4, 0.5) is 10.3 Å². The third kappa shape index (κ3) is 3.72. The fraction of sp³-hybridized carbons (Fsp3) is 0.250. The van der Waals surface area contributed by atoms with Gasteiger partial charge in [0, 0.05) is 12.1 Å². The number of nitrogens with zero attached hydrogens (tertiary/aromatic N) is 3. The Balaban J connectivity index is 2.02. The van der Waals surface area contributed by atoms with Crippen molar-refractivity contribution < 1.29 is 4.39 Å². The first-order chi connectivity index (χ1) is 9.19. The van der Waals surface area contributed by atoms with E-state index in [1.807, 2.05) is 6.92 Å². The van der Waals surface area contributed by atoms with Crippen molar-refractivity contribution >= 4 is 23.3 Å². The standard InChI is InChI=1S/C12H14FN5S/c1-2-14-12(19)16-11-15-8-18(17-11)7-9-5-3-4-6-10(9)13/h3-6,8H,2,7H2,1H3,(H2,14,16,17,19). The van der Waals surface area contributed by atoms with Crippen molar-refractivity contribution in [2.24, 2.45) is 0 Å². The number of benzene rings is 1. The van der Waals surface area contributed by atoms with Gasteiger partial charge in [0.1, 0.15) is 12.1 Å². The first-order valence-electron chi connectivity index (χ1n) is 5.86. The van der Waals surface area contributed by atoms with E-state index in [4.69, 9.17) is 12.2 Å². The summed E-state index contributed by atoms with van der Waals surface area (Å²) in [5.41, 5.74) is 0.563. The molecule has 1 aromatic heterocycles. The van der Waals surface area contributed by atoms with Crippen LogP contribution in [0.1, 0.15) is 12.5 Å². The molecule has 1 heterocycles. The number of aromatic nitrogens is 3. The minimum Gasteiger partial charge on any atom is -0.363 e. The average molecular weight is 279 g/mol. The van der Waals surface area contributed by atoms with Gasteiger partial charge in [-0.3, -0.25) is 5.32 Å². The third-order valence-electron chi connectivity index (χ3n) is 2.39. The molecule has 0 aliphatic heterocycles. The van der Waals surface area contributed by atoms with Gasteiger partial charge in [-0.15, -0.1) is 5.10 Å². The predicted molar refractivity (Wildman–Crippen MR) is 75.4 cm³/mol. The summed E-state index contributed by atoms with van der Waals surface area (Å²) in [5, 5.41) is 10.4. The zero-order chi connectivity index (χ0) is 13.7. The molecular weight excluding hydrogens is 265 g/mol. The molecule has 0 saturated heterocycles. The van der Waals surface area contributed by atoms with E-state index in [-0.39, 0.29) is 5.82 Å². The van der Waals surface area contributed by atoms with Gasteiger partial charge in [0.15, 0.2) is 5.11 Å². The Labute approximate surface area is 115 Å².